The molecule has 0 bridgehead atoms. The molecule has 0 spiro atoms. The number of hydroxylamine groups is 1. The number of hydrogen-bond acceptors (Lipinski definition) is 6. The molecule has 2 saturated heterocycles. The van der Waals surface area contributed by atoms with Crippen molar-refractivity contribution in [2.75, 3.05) is 6.61 Å². The van der Waals surface area contributed by atoms with Gasteiger partial charge in [-0.05, 0) is 74.6 Å². The van der Waals surface area contributed by atoms with Crippen LogP contribution in [-0.2, 0) is 30.4 Å². The number of thiocarbonyl (C=S) groups is 1. The summed E-state index contributed by atoms with van der Waals surface area (Å²) in [6, 6.07) is 9.50. The average Bonchev–Trinajstić information content (AvgIpc) is 3.16. The summed E-state index contributed by atoms with van der Waals surface area (Å²) in [6.07, 6.45) is 5.21. The van der Waals surface area contributed by atoms with Crippen LogP contribution in [0.4, 0.5) is 0 Å². The van der Waals surface area contributed by atoms with Crippen molar-refractivity contribution < 1.29 is 24.0 Å². The van der Waals surface area contributed by atoms with Crippen LogP contribution < -0.4 is 16.2 Å². The van der Waals surface area contributed by atoms with Crippen LogP contribution in [-0.4, -0.2) is 46.8 Å². The van der Waals surface area contributed by atoms with E-state index in [0.717, 1.165) is 25.7 Å². The van der Waals surface area contributed by atoms with Crippen LogP contribution in [0.1, 0.15) is 78.2 Å². The molecule has 3 N–H and O–H groups in total. The van der Waals surface area contributed by atoms with E-state index >= 15 is 0 Å². The molecule has 0 saturated carbocycles. The van der Waals surface area contributed by atoms with E-state index in [1.54, 1.807) is 0 Å². The molecule has 216 valence electrons. The summed E-state index contributed by atoms with van der Waals surface area (Å²) in [6.45, 7) is 8.68. The molecule has 10 heteroatoms. The Labute approximate surface area is 237 Å². The predicted octanol–water partition coefficient (Wildman–Crippen LogP) is 4.02. The summed E-state index contributed by atoms with van der Waals surface area (Å²) in [5.74, 6) is -1.79. The van der Waals surface area contributed by atoms with Gasteiger partial charge in [-0.15, -0.1) is 0 Å². The van der Waals surface area contributed by atoms with Crippen molar-refractivity contribution in [1.29, 1.82) is 0 Å². The second-order valence-electron chi connectivity index (χ2n) is 11.4. The van der Waals surface area contributed by atoms with Gasteiger partial charge in [-0.25, -0.2) is 15.3 Å². The van der Waals surface area contributed by atoms with E-state index in [0.29, 0.717) is 32.3 Å². The Kier molecular flexibility index (Phi) is 12.1. The van der Waals surface area contributed by atoms with Gasteiger partial charge in [-0.1, -0.05) is 58.0 Å². The quantitative estimate of drug-likeness (QED) is 0.233. The fourth-order valence-corrected chi connectivity index (χ4v) is 5.42. The molecule has 3 amide bonds. The Morgan fingerprint density at radius 1 is 1.10 bits per heavy atom. The van der Waals surface area contributed by atoms with E-state index in [1.165, 1.54) is 10.6 Å². The highest BCUT2D eigenvalue weighted by molar-refractivity contribution is 7.80. The molecule has 2 fully saturated rings. The van der Waals surface area contributed by atoms with Gasteiger partial charge in [0.05, 0.1) is 11.8 Å². The van der Waals surface area contributed by atoms with Gasteiger partial charge in [-0.3, -0.25) is 25.1 Å². The lowest BCUT2D eigenvalue weighted by molar-refractivity contribution is -0.203. The summed E-state index contributed by atoms with van der Waals surface area (Å²) in [4.78, 5) is 45.5. The Hall–Kier alpha value is -2.56. The minimum atomic E-state index is -0.644. The van der Waals surface area contributed by atoms with Gasteiger partial charge in [0.2, 0.25) is 11.8 Å². The summed E-state index contributed by atoms with van der Waals surface area (Å²) in [7, 11) is 0. The maximum absolute atomic E-state index is 13.8. The highest BCUT2D eigenvalue weighted by atomic mass is 32.1. The standard InChI is InChI=1S/C29H44N4O5S/c1-19(2)17-23(26(34)31-33-24(18-20(3)4)28(36)30-29(33)39)22(14-10-13-21-11-6-5-7-12-21)27(35)32-38-25-15-8-9-16-37-25/h5-7,11-12,19-20,22-25H,8-10,13-18H2,1-4H3,(H,31,34)(H,32,35)(H,30,36,39)/t22-,23+,24-,25?/m0/s1. The third kappa shape index (κ3) is 9.54. The minimum Gasteiger partial charge on any atom is -0.350 e. The number of nitrogens with one attached hydrogen (secondary N) is 3. The smallest absolute Gasteiger partial charge is 0.251 e. The van der Waals surface area contributed by atoms with Crippen LogP contribution in [0, 0.1) is 23.7 Å². The molecule has 1 unspecified atom stereocenters. The van der Waals surface area contributed by atoms with Gasteiger partial charge in [0.15, 0.2) is 11.4 Å². The maximum atomic E-state index is 13.8. The molecule has 2 aliphatic rings. The first-order valence-electron chi connectivity index (χ1n) is 14.2. The number of hydrazine groups is 1. The first-order valence-corrected chi connectivity index (χ1v) is 14.6. The molecule has 2 aliphatic heterocycles. The van der Waals surface area contributed by atoms with E-state index in [9.17, 15) is 14.4 Å². The van der Waals surface area contributed by atoms with Crippen molar-refractivity contribution in [2.45, 2.75) is 91.4 Å². The molecular weight excluding hydrogens is 516 g/mol. The first kappa shape index (κ1) is 31.0. The molecule has 0 aromatic heterocycles. The lowest BCUT2D eigenvalue weighted by atomic mass is 9.81. The molecular formula is C29H44N4O5S. The Morgan fingerprint density at radius 2 is 1.85 bits per heavy atom. The minimum absolute atomic E-state index is 0.157. The van der Waals surface area contributed by atoms with Crippen LogP contribution >= 0.6 is 12.2 Å². The van der Waals surface area contributed by atoms with Gasteiger partial charge in [-0.2, -0.15) is 0 Å². The predicted molar refractivity (Wildman–Crippen MR) is 153 cm³/mol. The second-order valence-corrected chi connectivity index (χ2v) is 11.8. The molecule has 1 aromatic rings. The zero-order valence-corrected chi connectivity index (χ0v) is 24.4. The van der Waals surface area contributed by atoms with Crippen molar-refractivity contribution in [2.24, 2.45) is 23.7 Å². The third-order valence-electron chi connectivity index (χ3n) is 7.13. The molecule has 0 radical (unpaired) electrons. The van der Waals surface area contributed by atoms with Crippen LogP contribution in [0.15, 0.2) is 30.3 Å². The first-order chi connectivity index (χ1) is 18.7. The number of carbonyl (C=O) groups excluding carboxylic acids is 3. The number of amides is 3. The number of ether oxygens (including phenoxy) is 1. The zero-order chi connectivity index (χ0) is 28.4. The maximum Gasteiger partial charge on any atom is 0.251 e. The summed E-state index contributed by atoms with van der Waals surface area (Å²) in [5.41, 5.74) is 6.68. The fraction of sp³-hybridized carbons (Fsp3) is 0.655. The van der Waals surface area contributed by atoms with Crippen molar-refractivity contribution in [3.63, 3.8) is 0 Å². The number of carbonyl (C=O) groups is 3. The topological polar surface area (TPSA) is 109 Å². The Bertz CT molecular complexity index is 968. The molecule has 0 aliphatic carbocycles. The average molecular weight is 561 g/mol. The van der Waals surface area contributed by atoms with Crippen LogP contribution in [0.25, 0.3) is 0 Å². The molecule has 1 aromatic carbocycles. The monoisotopic (exact) mass is 560 g/mol. The van der Waals surface area contributed by atoms with Crippen LogP contribution in [0.3, 0.4) is 0 Å². The second kappa shape index (κ2) is 15.3. The summed E-state index contributed by atoms with van der Waals surface area (Å²) in [5, 5.41) is 4.29. The van der Waals surface area contributed by atoms with E-state index in [4.69, 9.17) is 21.8 Å². The zero-order valence-electron chi connectivity index (χ0n) is 23.6. The highest BCUT2D eigenvalue weighted by Crippen LogP contribution is 2.28. The molecule has 2 heterocycles. The van der Waals surface area contributed by atoms with Crippen LogP contribution in [0.2, 0.25) is 0 Å². The molecule has 4 atom stereocenters. The van der Waals surface area contributed by atoms with E-state index in [-0.39, 0.29) is 34.7 Å². The van der Waals surface area contributed by atoms with Gasteiger partial charge in [0, 0.05) is 13.0 Å². The summed E-state index contributed by atoms with van der Waals surface area (Å²) < 4.78 is 5.60. The summed E-state index contributed by atoms with van der Waals surface area (Å²) >= 11 is 5.36. The Morgan fingerprint density at radius 3 is 2.49 bits per heavy atom. The van der Waals surface area contributed by atoms with E-state index < -0.39 is 24.2 Å². The number of hydrogen-bond donors (Lipinski definition) is 3. The lowest BCUT2D eigenvalue weighted by Gasteiger charge is -2.31. The Balaban J connectivity index is 1.77. The molecule has 9 nitrogen and oxygen atoms in total. The van der Waals surface area contributed by atoms with Gasteiger partial charge in [0.1, 0.15) is 6.04 Å². The van der Waals surface area contributed by atoms with Gasteiger partial charge < -0.3 is 4.74 Å². The van der Waals surface area contributed by atoms with Crippen LogP contribution in [0.5, 0.6) is 0 Å². The van der Waals surface area contributed by atoms with Crippen molar-refractivity contribution in [3.05, 3.63) is 35.9 Å². The normalized spacial score (nSPS) is 21.1. The van der Waals surface area contributed by atoms with Crippen molar-refractivity contribution in [3.8, 4) is 0 Å². The van der Waals surface area contributed by atoms with Gasteiger partial charge in [0.25, 0.3) is 5.91 Å². The fourth-order valence-electron chi connectivity index (χ4n) is 5.15. The number of rotatable bonds is 14. The van der Waals surface area contributed by atoms with Crippen molar-refractivity contribution in [1.82, 2.24) is 21.2 Å². The number of nitrogens with zero attached hydrogens (tertiary/aromatic N) is 1. The molecule has 3 rings (SSSR count). The SMILES string of the molecule is CC(C)C[C@@H](C(=O)NN1C(=S)NC(=O)[C@@H]1CC(C)C)[C@H](CCCc1ccccc1)C(=O)NOC1CCCCO1. The number of aryl methyl sites for hydroxylation is 1. The third-order valence-corrected chi connectivity index (χ3v) is 7.42. The molecule has 39 heavy (non-hydrogen) atoms. The van der Waals surface area contributed by atoms with E-state index in [1.807, 2.05) is 45.9 Å². The highest BCUT2D eigenvalue weighted by Gasteiger charge is 2.41. The largest absolute Gasteiger partial charge is 0.350 e. The van der Waals surface area contributed by atoms with E-state index in [2.05, 4.69) is 28.4 Å². The lowest BCUT2D eigenvalue weighted by Crippen LogP contribution is -2.53. The van der Waals surface area contributed by atoms with Crippen molar-refractivity contribution >= 4 is 35.1 Å². The van der Waals surface area contributed by atoms with Gasteiger partial charge >= 0.3 is 0 Å². The number of benzene rings is 1.